The zero-order valence-corrected chi connectivity index (χ0v) is 20.1. The lowest BCUT2D eigenvalue weighted by atomic mass is 9.92. The van der Waals surface area contributed by atoms with E-state index < -0.39 is 0 Å². The van der Waals surface area contributed by atoms with Crippen LogP contribution in [0.15, 0.2) is 53.7 Å². The molecule has 0 aliphatic carbocycles. The van der Waals surface area contributed by atoms with Gasteiger partial charge in [-0.15, -0.1) is 10.2 Å². The summed E-state index contributed by atoms with van der Waals surface area (Å²) >= 11 is 1.66. The average Bonchev–Trinajstić information content (AvgIpc) is 3.10. The van der Waals surface area contributed by atoms with Gasteiger partial charge in [0.2, 0.25) is 5.91 Å². The molecule has 1 amide bonds. The van der Waals surface area contributed by atoms with Crippen molar-refractivity contribution in [2.45, 2.75) is 64.9 Å². The summed E-state index contributed by atoms with van der Waals surface area (Å²) in [6, 6.07) is 16.4. The molecule has 5 nitrogen and oxygen atoms in total. The summed E-state index contributed by atoms with van der Waals surface area (Å²) in [5.74, 6) is 1.56. The molecule has 0 aliphatic rings. The lowest BCUT2D eigenvalue weighted by Crippen LogP contribution is -2.31. The molecule has 3 rings (SSSR count). The van der Waals surface area contributed by atoms with E-state index in [4.69, 9.17) is 0 Å². The fourth-order valence-corrected chi connectivity index (χ4v) is 4.38. The number of aryl methyl sites for hydroxylation is 2. The Kier molecular flexibility index (Phi) is 7.21. The molecule has 0 radical (unpaired) electrons. The van der Waals surface area contributed by atoms with Crippen LogP contribution in [-0.4, -0.2) is 20.7 Å². The van der Waals surface area contributed by atoms with E-state index in [1.807, 2.05) is 6.92 Å². The number of carbonyl (C=O) groups excluding carboxylic acids is 1. The van der Waals surface area contributed by atoms with Crippen molar-refractivity contribution in [2.75, 3.05) is 0 Å². The number of rotatable bonds is 7. The second-order valence-electron chi connectivity index (χ2n) is 9.25. The minimum absolute atomic E-state index is 0.0209. The van der Waals surface area contributed by atoms with Gasteiger partial charge >= 0.3 is 0 Å². The Morgan fingerprint density at radius 2 is 1.74 bits per heavy atom. The van der Waals surface area contributed by atoms with Crippen molar-refractivity contribution in [1.82, 2.24) is 20.1 Å². The Morgan fingerprint density at radius 1 is 1.06 bits per heavy atom. The van der Waals surface area contributed by atoms with Crippen LogP contribution in [0.1, 0.15) is 62.7 Å². The number of carbonyl (C=O) groups is 1. The number of nitrogens with zero attached hydrogens (tertiary/aromatic N) is 3. The van der Waals surface area contributed by atoms with Crippen LogP contribution in [-0.2, 0) is 10.5 Å². The van der Waals surface area contributed by atoms with Crippen molar-refractivity contribution < 1.29 is 4.79 Å². The van der Waals surface area contributed by atoms with Gasteiger partial charge < -0.3 is 5.32 Å². The van der Waals surface area contributed by atoms with Crippen molar-refractivity contribution in [2.24, 2.45) is 5.41 Å². The molecule has 31 heavy (non-hydrogen) atoms. The minimum atomic E-state index is -0.253. The number of thioether (sulfide) groups is 1. The highest BCUT2D eigenvalue weighted by atomic mass is 32.2. The summed E-state index contributed by atoms with van der Waals surface area (Å²) in [6.07, 6.45) is 0.463. The van der Waals surface area contributed by atoms with E-state index in [9.17, 15) is 4.79 Å². The van der Waals surface area contributed by atoms with Crippen molar-refractivity contribution >= 4 is 17.7 Å². The van der Waals surface area contributed by atoms with Crippen LogP contribution in [0.25, 0.3) is 5.69 Å². The number of hydrogen-bond donors (Lipinski definition) is 1. The lowest BCUT2D eigenvalue weighted by molar-refractivity contribution is -0.123. The molecule has 1 N–H and O–H groups in total. The zero-order chi connectivity index (χ0) is 22.6. The first-order valence-corrected chi connectivity index (χ1v) is 11.6. The lowest BCUT2D eigenvalue weighted by Gasteiger charge is -2.20. The smallest absolute Gasteiger partial charge is 0.221 e. The van der Waals surface area contributed by atoms with Gasteiger partial charge in [0.15, 0.2) is 11.0 Å². The van der Waals surface area contributed by atoms with E-state index in [0.29, 0.717) is 6.42 Å². The predicted molar refractivity (Wildman–Crippen MR) is 127 cm³/mol. The van der Waals surface area contributed by atoms with Gasteiger partial charge in [-0.05, 0) is 49.4 Å². The molecule has 0 aliphatic heterocycles. The number of amides is 1. The van der Waals surface area contributed by atoms with Crippen LogP contribution in [0.3, 0.4) is 0 Å². The SMILES string of the molecule is Cc1ccc(-n2c(SCc3ccccc3C)nnc2C(C)NC(=O)CC(C)(C)C)cc1. The van der Waals surface area contributed by atoms with Crippen LogP contribution in [0.2, 0.25) is 0 Å². The maximum absolute atomic E-state index is 12.5. The topological polar surface area (TPSA) is 59.8 Å². The maximum Gasteiger partial charge on any atom is 0.221 e. The number of hydrogen-bond acceptors (Lipinski definition) is 4. The number of aromatic nitrogens is 3. The molecule has 0 fully saturated rings. The number of benzene rings is 2. The van der Waals surface area contributed by atoms with Crippen molar-refractivity contribution in [1.29, 1.82) is 0 Å². The van der Waals surface area contributed by atoms with Gasteiger partial charge in [0.25, 0.3) is 0 Å². The third kappa shape index (κ3) is 6.20. The van der Waals surface area contributed by atoms with Crippen molar-refractivity contribution in [3.63, 3.8) is 0 Å². The second-order valence-corrected chi connectivity index (χ2v) is 10.2. The van der Waals surface area contributed by atoms with Gasteiger partial charge in [-0.1, -0.05) is 74.5 Å². The molecule has 1 atom stereocenters. The highest BCUT2D eigenvalue weighted by Gasteiger charge is 2.23. The van der Waals surface area contributed by atoms with Crippen LogP contribution >= 0.6 is 11.8 Å². The third-order valence-electron chi connectivity index (χ3n) is 5.02. The maximum atomic E-state index is 12.5. The molecule has 0 saturated carbocycles. The summed E-state index contributed by atoms with van der Waals surface area (Å²) in [5.41, 5.74) is 4.66. The summed E-state index contributed by atoms with van der Waals surface area (Å²) in [6.45, 7) is 12.3. The summed E-state index contributed by atoms with van der Waals surface area (Å²) in [5, 5.41) is 12.9. The summed E-state index contributed by atoms with van der Waals surface area (Å²) < 4.78 is 2.06. The first kappa shape index (κ1) is 23.1. The molecule has 0 saturated heterocycles. The van der Waals surface area contributed by atoms with Gasteiger partial charge in [0, 0.05) is 17.9 Å². The van der Waals surface area contributed by atoms with E-state index in [-0.39, 0.29) is 17.4 Å². The van der Waals surface area contributed by atoms with Gasteiger partial charge in [-0.25, -0.2) is 0 Å². The van der Waals surface area contributed by atoms with Gasteiger partial charge in [0.05, 0.1) is 6.04 Å². The first-order valence-electron chi connectivity index (χ1n) is 10.6. The Hall–Kier alpha value is -2.60. The van der Waals surface area contributed by atoms with E-state index in [1.165, 1.54) is 16.7 Å². The van der Waals surface area contributed by atoms with E-state index in [1.54, 1.807) is 11.8 Å². The molecule has 1 aromatic heterocycles. The van der Waals surface area contributed by atoms with Crippen LogP contribution < -0.4 is 5.32 Å². The molecule has 2 aromatic carbocycles. The van der Waals surface area contributed by atoms with Gasteiger partial charge in [0.1, 0.15) is 0 Å². The summed E-state index contributed by atoms with van der Waals surface area (Å²) in [7, 11) is 0. The van der Waals surface area contributed by atoms with Gasteiger partial charge in [-0.3, -0.25) is 9.36 Å². The van der Waals surface area contributed by atoms with Crippen molar-refractivity contribution in [3.8, 4) is 5.69 Å². The van der Waals surface area contributed by atoms with Crippen LogP contribution in [0, 0.1) is 19.3 Å². The summed E-state index contributed by atoms with van der Waals surface area (Å²) in [4.78, 5) is 12.5. The molecular formula is C25H32N4OS. The monoisotopic (exact) mass is 436 g/mol. The standard InChI is InChI=1S/C25H32N4OS/c1-17-11-13-21(14-12-17)29-23(19(3)26-22(30)15-25(4,5)6)27-28-24(29)31-16-20-10-8-7-9-18(20)2/h7-14,19H,15-16H2,1-6H3,(H,26,30). The molecule has 1 heterocycles. The Balaban J connectivity index is 1.89. The normalized spacial score (nSPS) is 12.6. The molecule has 164 valence electrons. The predicted octanol–water partition coefficient (Wildman–Crippen LogP) is 5.79. The molecule has 6 heteroatoms. The first-order chi connectivity index (χ1) is 14.6. The molecular weight excluding hydrogens is 404 g/mol. The molecule has 1 unspecified atom stereocenters. The number of nitrogens with one attached hydrogen (secondary N) is 1. The molecule has 0 spiro atoms. The zero-order valence-electron chi connectivity index (χ0n) is 19.3. The Labute approximate surface area is 189 Å². The molecule has 0 bridgehead atoms. The fraction of sp³-hybridized carbons (Fsp3) is 0.400. The van der Waals surface area contributed by atoms with Gasteiger partial charge in [-0.2, -0.15) is 0 Å². The van der Waals surface area contributed by atoms with Crippen LogP contribution in [0.5, 0.6) is 0 Å². The van der Waals surface area contributed by atoms with E-state index in [0.717, 1.165) is 22.4 Å². The Bertz CT molecular complexity index is 1030. The third-order valence-corrected chi connectivity index (χ3v) is 6.00. The fourth-order valence-electron chi connectivity index (χ4n) is 3.34. The highest BCUT2D eigenvalue weighted by molar-refractivity contribution is 7.98. The Morgan fingerprint density at radius 3 is 2.39 bits per heavy atom. The van der Waals surface area contributed by atoms with Crippen molar-refractivity contribution in [3.05, 3.63) is 71.0 Å². The minimum Gasteiger partial charge on any atom is -0.346 e. The average molecular weight is 437 g/mol. The van der Waals surface area contributed by atoms with E-state index in [2.05, 4.69) is 103 Å². The second kappa shape index (κ2) is 9.69. The highest BCUT2D eigenvalue weighted by Crippen LogP contribution is 2.29. The van der Waals surface area contributed by atoms with Crippen LogP contribution in [0.4, 0.5) is 0 Å². The molecule has 3 aromatic rings. The largest absolute Gasteiger partial charge is 0.346 e. The van der Waals surface area contributed by atoms with E-state index >= 15 is 0 Å². The quantitative estimate of drug-likeness (QED) is 0.476.